The van der Waals surface area contributed by atoms with E-state index in [9.17, 15) is 0 Å². The summed E-state index contributed by atoms with van der Waals surface area (Å²) in [6.45, 7) is 3.22. The van der Waals surface area contributed by atoms with Crippen LogP contribution in [0.5, 0.6) is 0 Å². The van der Waals surface area contributed by atoms with E-state index in [1.807, 2.05) is 36.7 Å². The van der Waals surface area contributed by atoms with Gasteiger partial charge in [-0.25, -0.2) is 4.98 Å². The summed E-state index contributed by atoms with van der Waals surface area (Å²) in [5.74, 6) is 5.49. The standard InChI is InChI=1S/C16H17NO2S/c1-13-16(20-12-17-13)8-10-19-11-15-6-4-14(5-7-15)3-2-9-18/h4-7,12,18H,8-11H2,1H3. The maximum absolute atomic E-state index is 8.63. The Bertz CT molecular complexity index is 593. The summed E-state index contributed by atoms with van der Waals surface area (Å²) in [5.41, 5.74) is 5.01. The zero-order chi connectivity index (χ0) is 14.2. The molecular formula is C16H17NO2S. The van der Waals surface area contributed by atoms with Gasteiger partial charge in [-0.2, -0.15) is 0 Å². The van der Waals surface area contributed by atoms with Gasteiger partial charge < -0.3 is 9.84 Å². The second kappa shape index (κ2) is 7.81. The van der Waals surface area contributed by atoms with Crippen LogP contribution >= 0.6 is 11.3 Å². The number of benzene rings is 1. The van der Waals surface area contributed by atoms with Crippen molar-refractivity contribution in [2.75, 3.05) is 13.2 Å². The lowest BCUT2D eigenvalue weighted by Gasteiger charge is -2.04. The molecule has 0 aliphatic rings. The number of hydrogen-bond donors (Lipinski definition) is 1. The first-order valence-electron chi connectivity index (χ1n) is 6.45. The van der Waals surface area contributed by atoms with Gasteiger partial charge in [0.05, 0.1) is 24.4 Å². The Morgan fingerprint density at radius 3 is 2.75 bits per heavy atom. The van der Waals surface area contributed by atoms with E-state index in [1.165, 1.54) is 4.88 Å². The highest BCUT2D eigenvalue weighted by Gasteiger charge is 2.01. The first kappa shape index (κ1) is 14.7. The molecule has 0 fully saturated rings. The van der Waals surface area contributed by atoms with Gasteiger partial charge in [0.1, 0.15) is 6.61 Å². The smallest absolute Gasteiger partial charge is 0.104 e. The van der Waals surface area contributed by atoms with E-state index in [4.69, 9.17) is 9.84 Å². The number of aliphatic hydroxyl groups excluding tert-OH is 1. The van der Waals surface area contributed by atoms with Crippen molar-refractivity contribution in [1.82, 2.24) is 4.98 Å². The van der Waals surface area contributed by atoms with Gasteiger partial charge in [0.25, 0.3) is 0 Å². The van der Waals surface area contributed by atoms with E-state index in [0.717, 1.165) is 23.2 Å². The van der Waals surface area contributed by atoms with Crippen LogP contribution in [0.25, 0.3) is 0 Å². The molecule has 0 bridgehead atoms. The van der Waals surface area contributed by atoms with Crippen molar-refractivity contribution in [3.05, 3.63) is 51.5 Å². The molecule has 0 aliphatic carbocycles. The highest BCUT2D eigenvalue weighted by Crippen LogP contribution is 2.13. The summed E-state index contributed by atoms with van der Waals surface area (Å²) < 4.78 is 5.67. The maximum atomic E-state index is 8.63. The predicted octanol–water partition coefficient (Wildman–Crippen LogP) is 2.55. The van der Waals surface area contributed by atoms with Crippen LogP contribution in [0.4, 0.5) is 0 Å². The lowest BCUT2D eigenvalue weighted by atomic mass is 10.1. The zero-order valence-electron chi connectivity index (χ0n) is 11.4. The summed E-state index contributed by atoms with van der Waals surface area (Å²) in [7, 11) is 0. The normalized spacial score (nSPS) is 10.1. The van der Waals surface area contributed by atoms with Crippen molar-refractivity contribution in [2.24, 2.45) is 0 Å². The van der Waals surface area contributed by atoms with Gasteiger partial charge in [-0.1, -0.05) is 24.0 Å². The van der Waals surface area contributed by atoms with Gasteiger partial charge in [0, 0.05) is 16.9 Å². The molecule has 0 aliphatic heterocycles. The molecule has 2 aromatic rings. The van der Waals surface area contributed by atoms with Crippen molar-refractivity contribution in [1.29, 1.82) is 0 Å². The fourth-order valence-corrected chi connectivity index (χ4v) is 2.51. The lowest BCUT2D eigenvalue weighted by molar-refractivity contribution is 0.124. The molecule has 1 heterocycles. The van der Waals surface area contributed by atoms with Crippen LogP contribution in [-0.2, 0) is 17.8 Å². The third-order valence-electron chi connectivity index (χ3n) is 2.85. The molecule has 1 N–H and O–H groups in total. The van der Waals surface area contributed by atoms with Crippen molar-refractivity contribution >= 4 is 11.3 Å². The first-order valence-corrected chi connectivity index (χ1v) is 7.33. The number of nitrogens with zero attached hydrogens (tertiary/aromatic N) is 1. The minimum atomic E-state index is -0.109. The average Bonchev–Trinajstić information content (AvgIpc) is 2.88. The molecule has 0 saturated carbocycles. The Labute approximate surface area is 123 Å². The quantitative estimate of drug-likeness (QED) is 0.679. The van der Waals surface area contributed by atoms with Crippen LogP contribution in [-0.4, -0.2) is 23.3 Å². The third kappa shape index (κ3) is 4.46. The number of hydrogen-bond acceptors (Lipinski definition) is 4. The summed E-state index contributed by atoms with van der Waals surface area (Å²) >= 11 is 1.68. The fourth-order valence-electron chi connectivity index (χ4n) is 1.75. The second-order valence-electron chi connectivity index (χ2n) is 4.32. The van der Waals surface area contributed by atoms with Crippen LogP contribution in [0.15, 0.2) is 29.8 Å². The van der Waals surface area contributed by atoms with E-state index in [0.29, 0.717) is 13.2 Å². The van der Waals surface area contributed by atoms with Gasteiger partial charge in [-0.05, 0) is 24.6 Å². The topological polar surface area (TPSA) is 42.4 Å². The van der Waals surface area contributed by atoms with Gasteiger partial charge in [0.2, 0.25) is 0 Å². The van der Waals surface area contributed by atoms with E-state index in [2.05, 4.69) is 16.8 Å². The van der Waals surface area contributed by atoms with Crippen LogP contribution in [0, 0.1) is 18.8 Å². The molecule has 0 saturated heterocycles. The van der Waals surface area contributed by atoms with Crippen LogP contribution in [0.3, 0.4) is 0 Å². The number of aliphatic hydroxyl groups is 1. The van der Waals surface area contributed by atoms with E-state index >= 15 is 0 Å². The van der Waals surface area contributed by atoms with Crippen molar-refractivity contribution < 1.29 is 9.84 Å². The largest absolute Gasteiger partial charge is 0.384 e. The number of rotatable bonds is 5. The predicted molar refractivity (Wildman–Crippen MR) is 80.6 cm³/mol. The minimum absolute atomic E-state index is 0.109. The Balaban J connectivity index is 1.75. The summed E-state index contributed by atoms with van der Waals surface area (Å²) in [6.07, 6.45) is 0.913. The maximum Gasteiger partial charge on any atom is 0.104 e. The molecule has 104 valence electrons. The number of thiazole rings is 1. The second-order valence-corrected chi connectivity index (χ2v) is 5.26. The Hall–Kier alpha value is -1.67. The van der Waals surface area contributed by atoms with E-state index in [-0.39, 0.29) is 6.61 Å². The van der Waals surface area contributed by atoms with E-state index in [1.54, 1.807) is 11.3 Å². The molecule has 0 radical (unpaired) electrons. The molecule has 3 nitrogen and oxygen atoms in total. The summed E-state index contributed by atoms with van der Waals surface area (Å²) in [5, 5.41) is 8.63. The van der Waals surface area contributed by atoms with Crippen molar-refractivity contribution in [3.8, 4) is 11.8 Å². The Morgan fingerprint density at radius 2 is 2.10 bits per heavy atom. The Morgan fingerprint density at radius 1 is 1.30 bits per heavy atom. The highest BCUT2D eigenvalue weighted by atomic mass is 32.1. The molecular weight excluding hydrogens is 270 g/mol. The molecule has 0 spiro atoms. The lowest BCUT2D eigenvalue weighted by Crippen LogP contribution is -1.99. The molecule has 20 heavy (non-hydrogen) atoms. The van der Waals surface area contributed by atoms with Gasteiger partial charge in [-0.3, -0.25) is 0 Å². The Kier molecular flexibility index (Phi) is 5.75. The fraction of sp³-hybridized carbons (Fsp3) is 0.312. The van der Waals surface area contributed by atoms with E-state index < -0.39 is 0 Å². The monoisotopic (exact) mass is 287 g/mol. The summed E-state index contributed by atoms with van der Waals surface area (Å²) in [4.78, 5) is 5.51. The number of aromatic nitrogens is 1. The van der Waals surface area contributed by atoms with Gasteiger partial charge in [0.15, 0.2) is 0 Å². The number of ether oxygens (including phenoxy) is 1. The molecule has 0 unspecified atom stereocenters. The highest BCUT2D eigenvalue weighted by molar-refractivity contribution is 7.09. The van der Waals surface area contributed by atoms with Crippen molar-refractivity contribution in [3.63, 3.8) is 0 Å². The van der Waals surface area contributed by atoms with Crippen LogP contribution in [0.2, 0.25) is 0 Å². The van der Waals surface area contributed by atoms with Crippen molar-refractivity contribution in [2.45, 2.75) is 20.0 Å². The molecule has 4 heteroatoms. The molecule has 1 aromatic heterocycles. The minimum Gasteiger partial charge on any atom is -0.384 e. The van der Waals surface area contributed by atoms with Gasteiger partial charge >= 0.3 is 0 Å². The van der Waals surface area contributed by atoms with Crippen LogP contribution < -0.4 is 0 Å². The molecule has 2 rings (SSSR count). The molecule has 1 aromatic carbocycles. The molecule has 0 amide bonds. The first-order chi connectivity index (χ1) is 9.79. The average molecular weight is 287 g/mol. The van der Waals surface area contributed by atoms with Gasteiger partial charge in [-0.15, -0.1) is 11.3 Å². The SMILES string of the molecule is Cc1ncsc1CCOCc1ccc(C#CCO)cc1. The zero-order valence-corrected chi connectivity index (χ0v) is 12.2. The van der Waals surface area contributed by atoms with Crippen LogP contribution in [0.1, 0.15) is 21.7 Å². The third-order valence-corrected chi connectivity index (χ3v) is 3.85. The number of aryl methyl sites for hydroxylation is 1. The summed E-state index contributed by atoms with van der Waals surface area (Å²) in [6, 6.07) is 7.88. The molecule has 0 atom stereocenters.